The molecule has 33 heavy (non-hydrogen) atoms. The van der Waals surface area contributed by atoms with E-state index in [1.54, 1.807) is 11.1 Å². The summed E-state index contributed by atoms with van der Waals surface area (Å²) in [5, 5.41) is 11.2. The molecule has 4 aliphatic carbocycles. The first-order valence-corrected chi connectivity index (χ1v) is 13.5. The Balaban J connectivity index is 1.57. The van der Waals surface area contributed by atoms with Crippen LogP contribution in [-0.2, 0) is 9.53 Å². The molecule has 0 unspecified atom stereocenters. The van der Waals surface area contributed by atoms with Crippen molar-refractivity contribution in [3.05, 3.63) is 22.8 Å². The molecule has 1 saturated heterocycles. The number of rotatable bonds is 1. The fraction of sp³-hybridized carbons (Fsp3) is 0.833. The molecule has 0 bridgehead atoms. The summed E-state index contributed by atoms with van der Waals surface area (Å²) in [6, 6.07) is 0. The van der Waals surface area contributed by atoms with Crippen molar-refractivity contribution < 1.29 is 14.6 Å². The van der Waals surface area contributed by atoms with E-state index in [1.807, 2.05) is 0 Å². The molecule has 0 aromatic heterocycles. The molecule has 0 spiro atoms. The molecule has 5 rings (SSSR count). The van der Waals surface area contributed by atoms with Gasteiger partial charge in [-0.1, -0.05) is 64.3 Å². The van der Waals surface area contributed by atoms with Crippen LogP contribution in [-0.4, -0.2) is 29.2 Å². The highest BCUT2D eigenvalue weighted by molar-refractivity contribution is 5.85. The summed E-state index contributed by atoms with van der Waals surface area (Å²) in [6.07, 6.45) is 9.12. The number of hydrogen-bond donors (Lipinski definition) is 1. The average molecular weight is 455 g/mol. The van der Waals surface area contributed by atoms with Gasteiger partial charge >= 0.3 is 0 Å². The summed E-state index contributed by atoms with van der Waals surface area (Å²) in [7, 11) is 0. The van der Waals surface area contributed by atoms with E-state index in [2.05, 4.69) is 61.5 Å². The molecule has 9 atom stereocenters. The van der Waals surface area contributed by atoms with Crippen molar-refractivity contribution in [2.45, 2.75) is 119 Å². The van der Waals surface area contributed by atoms with E-state index in [1.165, 1.54) is 12.0 Å². The standard InChI is InChI=1S/C30H46O3/c1-17(2)15-21-26(32)18(3)25-22(33-21)16-30(8)20-9-10-23-27(4,5)24(31)12-13-28(23,6)19(20)11-14-29(25,30)7/h15,18,21-23,25-26,32H,9-14,16H2,1-8H3/t18-,21-,22+,23+,25-,26+,28+,29+,30-/m0/s1. The van der Waals surface area contributed by atoms with Gasteiger partial charge in [0.25, 0.3) is 0 Å². The van der Waals surface area contributed by atoms with E-state index in [0.717, 1.165) is 38.5 Å². The number of hydrogen-bond acceptors (Lipinski definition) is 3. The average Bonchev–Trinajstić information content (AvgIpc) is 2.96. The summed E-state index contributed by atoms with van der Waals surface area (Å²) < 4.78 is 6.69. The van der Waals surface area contributed by atoms with Gasteiger partial charge in [0.2, 0.25) is 0 Å². The van der Waals surface area contributed by atoms with E-state index in [9.17, 15) is 9.90 Å². The highest BCUT2D eigenvalue weighted by Gasteiger charge is 2.68. The quantitative estimate of drug-likeness (QED) is 0.451. The second kappa shape index (κ2) is 7.29. The molecule has 0 radical (unpaired) electrons. The lowest BCUT2D eigenvalue weighted by molar-refractivity contribution is -0.163. The first-order chi connectivity index (χ1) is 15.3. The first kappa shape index (κ1) is 23.8. The molecule has 0 aromatic rings. The molecule has 0 aromatic carbocycles. The second-order valence-electron chi connectivity index (χ2n) is 13.8. The number of carbonyl (C=O) groups is 1. The van der Waals surface area contributed by atoms with Crippen LogP contribution in [0.2, 0.25) is 0 Å². The van der Waals surface area contributed by atoms with Crippen LogP contribution in [0.3, 0.4) is 0 Å². The molecular weight excluding hydrogens is 408 g/mol. The number of aliphatic hydroxyl groups is 1. The van der Waals surface area contributed by atoms with Gasteiger partial charge in [-0.15, -0.1) is 0 Å². The molecule has 1 aliphatic heterocycles. The van der Waals surface area contributed by atoms with Crippen molar-refractivity contribution in [1.29, 1.82) is 0 Å². The number of allylic oxidation sites excluding steroid dienone is 3. The van der Waals surface area contributed by atoms with Crippen LogP contribution in [0.1, 0.15) is 100 Å². The number of fused-ring (bicyclic) bond motifs is 6. The third kappa shape index (κ3) is 2.97. The smallest absolute Gasteiger partial charge is 0.138 e. The van der Waals surface area contributed by atoms with E-state index in [4.69, 9.17) is 4.74 Å². The predicted molar refractivity (Wildman–Crippen MR) is 133 cm³/mol. The summed E-state index contributed by atoms with van der Waals surface area (Å²) in [6.45, 7) is 18.4. The molecule has 3 fully saturated rings. The summed E-state index contributed by atoms with van der Waals surface area (Å²) >= 11 is 0. The predicted octanol–water partition coefficient (Wildman–Crippen LogP) is 6.65. The number of ketones is 1. The van der Waals surface area contributed by atoms with Crippen molar-refractivity contribution in [3.63, 3.8) is 0 Å². The van der Waals surface area contributed by atoms with Gasteiger partial charge in [-0.3, -0.25) is 4.79 Å². The maximum absolute atomic E-state index is 12.9. The molecular formula is C30H46O3. The minimum Gasteiger partial charge on any atom is -0.390 e. The van der Waals surface area contributed by atoms with Gasteiger partial charge in [-0.2, -0.15) is 0 Å². The molecule has 1 heterocycles. The lowest BCUT2D eigenvalue weighted by Gasteiger charge is -2.61. The fourth-order valence-electron chi connectivity index (χ4n) is 9.88. The Morgan fingerprint density at radius 3 is 2.39 bits per heavy atom. The highest BCUT2D eigenvalue weighted by atomic mass is 16.5. The summed E-state index contributed by atoms with van der Waals surface area (Å²) in [5.74, 6) is 1.55. The van der Waals surface area contributed by atoms with E-state index in [-0.39, 0.29) is 39.8 Å². The zero-order valence-electron chi connectivity index (χ0n) is 22.3. The van der Waals surface area contributed by atoms with Gasteiger partial charge in [-0.25, -0.2) is 0 Å². The van der Waals surface area contributed by atoms with Gasteiger partial charge in [-0.05, 0) is 86.4 Å². The number of ether oxygens (including phenoxy) is 1. The van der Waals surface area contributed by atoms with Gasteiger partial charge in [0.1, 0.15) is 11.9 Å². The number of aliphatic hydroxyl groups excluding tert-OH is 1. The van der Waals surface area contributed by atoms with Crippen molar-refractivity contribution in [1.82, 2.24) is 0 Å². The van der Waals surface area contributed by atoms with Crippen LogP contribution in [0.4, 0.5) is 0 Å². The maximum Gasteiger partial charge on any atom is 0.138 e. The molecule has 0 amide bonds. The van der Waals surface area contributed by atoms with Crippen LogP contribution in [0.5, 0.6) is 0 Å². The Kier molecular flexibility index (Phi) is 5.26. The molecule has 2 saturated carbocycles. The molecule has 3 heteroatoms. The third-order valence-electron chi connectivity index (χ3n) is 11.8. The van der Waals surface area contributed by atoms with Crippen molar-refractivity contribution in [3.8, 4) is 0 Å². The lowest BCUT2D eigenvalue weighted by atomic mass is 9.43. The SMILES string of the molecule is CC(C)=C[C@@H]1O[C@@H]2C[C@@]3(C)C4=C(CC[C@]3(C)[C@H]2[C@H](C)[C@H]1O)[C@@]1(C)CCC(=O)C(C)(C)[C@H]1CC4. The van der Waals surface area contributed by atoms with Gasteiger partial charge in [0.05, 0.1) is 12.2 Å². The second-order valence-corrected chi connectivity index (χ2v) is 13.8. The van der Waals surface area contributed by atoms with Crippen molar-refractivity contribution in [2.75, 3.05) is 0 Å². The van der Waals surface area contributed by atoms with Crippen molar-refractivity contribution >= 4 is 5.78 Å². The van der Waals surface area contributed by atoms with Crippen LogP contribution in [0, 0.1) is 39.4 Å². The van der Waals surface area contributed by atoms with E-state index in [0.29, 0.717) is 17.6 Å². The van der Waals surface area contributed by atoms with Crippen LogP contribution in [0.25, 0.3) is 0 Å². The van der Waals surface area contributed by atoms with Crippen LogP contribution < -0.4 is 0 Å². The van der Waals surface area contributed by atoms with Crippen molar-refractivity contribution in [2.24, 2.45) is 39.4 Å². The highest BCUT2D eigenvalue weighted by Crippen LogP contribution is 2.73. The van der Waals surface area contributed by atoms with Gasteiger partial charge in [0.15, 0.2) is 0 Å². The fourth-order valence-corrected chi connectivity index (χ4v) is 9.88. The topological polar surface area (TPSA) is 46.5 Å². The monoisotopic (exact) mass is 454 g/mol. The summed E-state index contributed by atoms with van der Waals surface area (Å²) in [4.78, 5) is 12.9. The third-order valence-corrected chi connectivity index (χ3v) is 11.8. The lowest BCUT2D eigenvalue weighted by Crippen LogP contribution is -2.55. The van der Waals surface area contributed by atoms with Crippen LogP contribution in [0.15, 0.2) is 22.8 Å². The van der Waals surface area contributed by atoms with E-state index < -0.39 is 6.10 Å². The molecule has 1 N–H and O–H groups in total. The molecule has 184 valence electrons. The minimum absolute atomic E-state index is 0.114. The Hall–Kier alpha value is -0.930. The molecule has 5 aliphatic rings. The normalized spacial score (nSPS) is 50.8. The van der Waals surface area contributed by atoms with Gasteiger partial charge in [0, 0.05) is 11.8 Å². The number of carbonyl (C=O) groups excluding carboxylic acids is 1. The number of Topliss-reactive ketones (excluding diaryl/α,β-unsaturated/α-hetero) is 1. The Morgan fingerprint density at radius 1 is 1.03 bits per heavy atom. The van der Waals surface area contributed by atoms with E-state index >= 15 is 0 Å². The van der Waals surface area contributed by atoms with Gasteiger partial charge < -0.3 is 9.84 Å². The minimum atomic E-state index is -0.436. The first-order valence-electron chi connectivity index (χ1n) is 13.5. The largest absolute Gasteiger partial charge is 0.390 e. The maximum atomic E-state index is 12.9. The Labute approximate surface area is 201 Å². The Morgan fingerprint density at radius 2 is 1.73 bits per heavy atom. The van der Waals surface area contributed by atoms with Crippen LogP contribution >= 0.6 is 0 Å². The zero-order valence-corrected chi connectivity index (χ0v) is 22.3. The summed E-state index contributed by atoms with van der Waals surface area (Å²) in [5.41, 5.74) is 4.82. The zero-order chi connectivity index (χ0) is 24.1. The Bertz CT molecular complexity index is 923. The molecule has 3 nitrogen and oxygen atoms in total.